The fourth-order valence-electron chi connectivity index (χ4n) is 3.63. The predicted octanol–water partition coefficient (Wildman–Crippen LogP) is 5.52. The van der Waals surface area contributed by atoms with Gasteiger partial charge in [0.15, 0.2) is 0 Å². The largest absolute Gasteiger partial charge is 0.496 e. The molecular weight excluding hydrogens is 444 g/mol. The Balaban J connectivity index is 1.59. The first kappa shape index (κ1) is 23.2. The highest BCUT2D eigenvalue weighted by Gasteiger charge is 2.28. The molecular formula is C25H23F2N3O4. The number of methoxy groups -OCH3 is 1. The second-order valence-electron chi connectivity index (χ2n) is 7.69. The quantitative estimate of drug-likeness (QED) is 0.426. The Hall–Kier alpha value is -4.01. The van der Waals surface area contributed by atoms with E-state index in [2.05, 4.69) is 9.97 Å². The fraction of sp³-hybridized carbons (Fsp3) is 0.240. The number of hydrogen-bond acceptors (Lipinski definition) is 6. The van der Waals surface area contributed by atoms with Gasteiger partial charge in [0.25, 0.3) is 0 Å². The highest BCUT2D eigenvalue weighted by atomic mass is 19.3. The standard InChI is InChI=1S/C25H23F2N3O4/c1-4-10-25(26,27)34-19-6-7-20(22(13-19)32-3)17-5-8-21-18(12-17)14-30(24(31)33-21)15-23-28-11-9-16(2)29-23/h4-13H,14-15H2,1-3H3. The van der Waals surface area contributed by atoms with Gasteiger partial charge >= 0.3 is 12.2 Å². The first-order valence-corrected chi connectivity index (χ1v) is 10.6. The van der Waals surface area contributed by atoms with Crippen LogP contribution in [0.25, 0.3) is 11.1 Å². The van der Waals surface area contributed by atoms with E-state index < -0.39 is 12.2 Å². The molecule has 0 saturated carbocycles. The van der Waals surface area contributed by atoms with Gasteiger partial charge in [0, 0.05) is 35.2 Å². The van der Waals surface area contributed by atoms with Gasteiger partial charge in [0.05, 0.1) is 20.2 Å². The van der Waals surface area contributed by atoms with Crippen LogP contribution in [-0.4, -0.2) is 34.2 Å². The maximum absolute atomic E-state index is 13.8. The Kier molecular flexibility index (Phi) is 6.45. The second kappa shape index (κ2) is 9.46. The minimum Gasteiger partial charge on any atom is -0.496 e. The lowest BCUT2D eigenvalue weighted by molar-refractivity contribution is -0.131. The number of ether oxygens (including phenoxy) is 3. The molecule has 2 heterocycles. The zero-order chi connectivity index (χ0) is 24.3. The van der Waals surface area contributed by atoms with Gasteiger partial charge in [-0.15, -0.1) is 0 Å². The number of aryl methyl sites for hydroxylation is 1. The summed E-state index contributed by atoms with van der Waals surface area (Å²) < 4.78 is 43.3. The van der Waals surface area contributed by atoms with E-state index in [4.69, 9.17) is 14.2 Å². The lowest BCUT2D eigenvalue weighted by atomic mass is 10.0. The molecule has 1 aliphatic heterocycles. The molecule has 2 aromatic carbocycles. The van der Waals surface area contributed by atoms with Crippen LogP contribution in [0.1, 0.15) is 24.0 Å². The fourth-order valence-corrected chi connectivity index (χ4v) is 3.63. The zero-order valence-electron chi connectivity index (χ0n) is 18.9. The van der Waals surface area contributed by atoms with Crippen LogP contribution >= 0.6 is 0 Å². The lowest BCUT2D eigenvalue weighted by Crippen LogP contribution is -2.37. The summed E-state index contributed by atoms with van der Waals surface area (Å²) in [5.41, 5.74) is 3.04. The van der Waals surface area contributed by atoms with Crippen LogP contribution < -0.4 is 14.2 Å². The van der Waals surface area contributed by atoms with Crippen molar-refractivity contribution in [3.8, 4) is 28.4 Å². The van der Waals surface area contributed by atoms with Crippen molar-refractivity contribution in [3.05, 3.63) is 77.9 Å². The third-order valence-electron chi connectivity index (χ3n) is 5.15. The number of alkyl halides is 2. The molecule has 0 unspecified atom stereocenters. The highest BCUT2D eigenvalue weighted by molar-refractivity contribution is 5.77. The maximum atomic E-state index is 13.8. The number of fused-ring (bicyclic) bond motifs is 1. The second-order valence-corrected chi connectivity index (χ2v) is 7.69. The molecule has 7 nitrogen and oxygen atoms in total. The Morgan fingerprint density at radius 2 is 2.03 bits per heavy atom. The molecule has 0 spiro atoms. The van der Waals surface area contributed by atoms with Crippen molar-refractivity contribution in [1.82, 2.24) is 14.9 Å². The summed E-state index contributed by atoms with van der Waals surface area (Å²) in [6.45, 7) is 3.86. The summed E-state index contributed by atoms with van der Waals surface area (Å²) in [5, 5.41) is 0. The molecule has 0 N–H and O–H groups in total. The Morgan fingerprint density at radius 1 is 1.21 bits per heavy atom. The number of carbonyl (C=O) groups is 1. The number of halogens is 2. The number of allylic oxidation sites excluding steroid dienone is 1. The molecule has 0 fully saturated rings. The van der Waals surface area contributed by atoms with Gasteiger partial charge in [-0.05, 0) is 49.7 Å². The molecule has 1 aromatic heterocycles. The lowest BCUT2D eigenvalue weighted by Gasteiger charge is -2.28. The third-order valence-corrected chi connectivity index (χ3v) is 5.15. The van der Waals surface area contributed by atoms with E-state index in [-0.39, 0.29) is 12.3 Å². The van der Waals surface area contributed by atoms with Gasteiger partial charge in [0.1, 0.15) is 23.1 Å². The van der Waals surface area contributed by atoms with Crippen molar-refractivity contribution >= 4 is 6.09 Å². The van der Waals surface area contributed by atoms with Crippen molar-refractivity contribution < 1.29 is 27.8 Å². The van der Waals surface area contributed by atoms with Crippen LogP contribution in [0.2, 0.25) is 0 Å². The molecule has 4 rings (SSSR count). The van der Waals surface area contributed by atoms with Gasteiger partial charge in [-0.25, -0.2) is 14.8 Å². The van der Waals surface area contributed by atoms with Crippen molar-refractivity contribution in [1.29, 1.82) is 0 Å². The predicted molar refractivity (Wildman–Crippen MR) is 121 cm³/mol. The van der Waals surface area contributed by atoms with E-state index in [0.29, 0.717) is 35.5 Å². The number of aromatic nitrogens is 2. The number of rotatable bonds is 7. The van der Waals surface area contributed by atoms with Crippen LogP contribution in [0.5, 0.6) is 17.2 Å². The van der Waals surface area contributed by atoms with Crippen molar-refractivity contribution in [2.45, 2.75) is 33.0 Å². The normalized spacial score (nSPS) is 13.6. The summed E-state index contributed by atoms with van der Waals surface area (Å²) in [6, 6.07) is 11.6. The average molecular weight is 467 g/mol. The van der Waals surface area contributed by atoms with Crippen LogP contribution in [0.3, 0.4) is 0 Å². The van der Waals surface area contributed by atoms with E-state index in [9.17, 15) is 13.6 Å². The summed E-state index contributed by atoms with van der Waals surface area (Å²) in [6.07, 6.45) is -0.369. The maximum Gasteiger partial charge on any atom is 0.419 e. The number of carbonyl (C=O) groups excluding carboxylic acids is 1. The van der Waals surface area contributed by atoms with Crippen LogP contribution in [0.15, 0.2) is 60.8 Å². The number of amides is 1. The molecule has 0 aliphatic carbocycles. The SMILES string of the molecule is CC=CC(F)(F)Oc1ccc(-c2ccc3c(c2)CN(Cc2nccc(C)n2)C(=O)O3)c(OC)c1. The van der Waals surface area contributed by atoms with Crippen LogP contribution in [-0.2, 0) is 13.1 Å². The number of hydrogen-bond donors (Lipinski definition) is 0. The topological polar surface area (TPSA) is 73.8 Å². The minimum atomic E-state index is -3.43. The van der Waals surface area contributed by atoms with E-state index in [0.717, 1.165) is 16.8 Å². The monoisotopic (exact) mass is 467 g/mol. The van der Waals surface area contributed by atoms with Crippen molar-refractivity contribution in [2.75, 3.05) is 7.11 Å². The highest BCUT2D eigenvalue weighted by Crippen LogP contribution is 2.38. The molecule has 1 aliphatic rings. The molecule has 0 radical (unpaired) electrons. The van der Waals surface area contributed by atoms with Crippen LogP contribution in [0.4, 0.5) is 13.6 Å². The molecule has 0 saturated heterocycles. The Morgan fingerprint density at radius 3 is 2.76 bits per heavy atom. The van der Waals surface area contributed by atoms with E-state index >= 15 is 0 Å². The summed E-state index contributed by atoms with van der Waals surface area (Å²) in [5.74, 6) is 1.31. The summed E-state index contributed by atoms with van der Waals surface area (Å²) >= 11 is 0. The molecule has 0 atom stereocenters. The Labute approximate surface area is 195 Å². The van der Waals surface area contributed by atoms with E-state index in [1.54, 1.807) is 30.5 Å². The number of nitrogens with zero attached hydrogens (tertiary/aromatic N) is 3. The van der Waals surface area contributed by atoms with Gasteiger partial charge in [-0.2, -0.15) is 8.78 Å². The van der Waals surface area contributed by atoms with E-state index in [1.807, 2.05) is 13.0 Å². The molecule has 34 heavy (non-hydrogen) atoms. The molecule has 9 heteroatoms. The smallest absolute Gasteiger partial charge is 0.419 e. The van der Waals surface area contributed by atoms with Gasteiger partial charge in [-0.3, -0.25) is 4.90 Å². The first-order valence-electron chi connectivity index (χ1n) is 10.6. The minimum absolute atomic E-state index is 0.0279. The average Bonchev–Trinajstić information content (AvgIpc) is 2.79. The Bertz CT molecular complexity index is 1250. The molecule has 176 valence electrons. The molecule has 1 amide bonds. The van der Waals surface area contributed by atoms with Gasteiger partial charge in [0.2, 0.25) is 0 Å². The first-order chi connectivity index (χ1) is 16.3. The van der Waals surface area contributed by atoms with Gasteiger partial charge < -0.3 is 14.2 Å². The third kappa shape index (κ3) is 5.14. The number of benzene rings is 2. The van der Waals surface area contributed by atoms with Crippen molar-refractivity contribution in [3.63, 3.8) is 0 Å². The molecule has 3 aromatic rings. The van der Waals surface area contributed by atoms with Gasteiger partial charge in [-0.1, -0.05) is 12.1 Å². The van der Waals surface area contributed by atoms with E-state index in [1.165, 1.54) is 37.1 Å². The van der Waals surface area contributed by atoms with Crippen LogP contribution in [0, 0.1) is 6.92 Å². The summed E-state index contributed by atoms with van der Waals surface area (Å²) in [4.78, 5) is 22.5. The molecule has 0 bridgehead atoms. The zero-order valence-corrected chi connectivity index (χ0v) is 18.9. The van der Waals surface area contributed by atoms with Crippen molar-refractivity contribution in [2.24, 2.45) is 0 Å². The summed E-state index contributed by atoms with van der Waals surface area (Å²) in [7, 11) is 1.45.